The Bertz CT molecular complexity index is 567. The summed E-state index contributed by atoms with van der Waals surface area (Å²) in [5.41, 5.74) is 0.542. The van der Waals surface area contributed by atoms with E-state index in [0.717, 1.165) is 18.4 Å². The van der Waals surface area contributed by atoms with Crippen molar-refractivity contribution in [3.63, 3.8) is 0 Å². The Morgan fingerprint density at radius 1 is 1.39 bits per heavy atom. The monoisotopic (exact) mass is 319 g/mol. The van der Waals surface area contributed by atoms with Gasteiger partial charge in [-0.3, -0.25) is 4.99 Å². The molecule has 0 radical (unpaired) electrons. The SMILES string of the molecule is CN=C(NCC1(C2CC2)CC1)N(C)CCOc1ccccc1F. The number of para-hydroxylation sites is 1. The molecule has 2 aliphatic rings. The van der Waals surface area contributed by atoms with Gasteiger partial charge in [-0.1, -0.05) is 12.1 Å². The molecule has 0 saturated heterocycles. The Morgan fingerprint density at radius 2 is 2.13 bits per heavy atom. The van der Waals surface area contributed by atoms with Crippen molar-refractivity contribution in [1.82, 2.24) is 10.2 Å². The highest BCUT2D eigenvalue weighted by atomic mass is 19.1. The molecule has 0 atom stereocenters. The average Bonchev–Trinajstić information content (AvgIpc) is 3.43. The van der Waals surface area contributed by atoms with Gasteiger partial charge in [0.15, 0.2) is 17.5 Å². The number of likely N-dealkylation sites (N-methyl/N-ethyl adjacent to an activating group) is 1. The highest BCUT2D eigenvalue weighted by Crippen LogP contribution is 2.60. The Kier molecular flexibility index (Phi) is 4.74. The fourth-order valence-electron chi connectivity index (χ4n) is 3.19. The van der Waals surface area contributed by atoms with Gasteiger partial charge in [-0.2, -0.15) is 0 Å². The van der Waals surface area contributed by atoms with Crippen molar-refractivity contribution >= 4 is 5.96 Å². The first-order valence-corrected chi connectivity index (χ1v) is 8.44. The van der Waals surface area contributed by atoms with Crippen molar-refractivity contribution in [2.24, 2.45) is 16.3 Å². The molecule has 1 N–H and O–H groups in total. The molecule has 1 aromatic carbocycles. The topological polar surface area (TPSA) is 36.9 Å². The van der Waals surface area contributed by atoms with Gasteiger partial charge in [0.2, 0.25) is 0 Å². The molecule has 0 bridgehead atoms. The van der Waals surface area contributed by atoms with Gasteiger partial charge >= 0.3 is 0 Å². The summed E-state index contributed by atoms with van der Waals surface area (Å²) in [5, 5.41) is 3.50. The van der Waals surface area contributed by atoms with Gasteiger partial charge < -0.3 is 15.0 Å². The van der Waals surface area contributed by atoms with Crippen molar-refractivity contribution < 1.29 is 9.13 Å². The van der Waals surface area contributed by atoms with Crippen LogP contribution >= 0.6 is 0 Å². The van der Waals surface area contributed by atoms with E-state index in [9.17, 15) is 4.39 Å². The van der Waals surface area contributed by atoms with Gasteiger partial charge in [0.25, 0.3) is 0 Å². The van der Waals surface area contributed by atoms with Crippen LogP contribution in [-0.2, 0) is 0 Å². The van der Waals surface area contributed by atoms with Gasteiger partial charge in [-0.05, 0) is 49.1 Å². The predicted octanol–water partition coefficient (Wildman–Crippen LogP) is 2.90. The zero-order valence-electron chi connectivity index (χ0n) is 14.0. The van der Waals surface area contributed by atoms with Crippen LogP contribution in [0.5, 0.6) is 5.75 Å². The van der Waals surface area contributed by atoms with Gasteiger partial charge in [0.05, 0.1) is 6.54 Å². The fourth-order valence-corrected chi connectivity index (χ4v) is 3.19. The number of halogens is 1. The second-order valence-corrected chi connectivity index (χ2v) is 6.74. The second-order valence-electron chi connectivity index (χ2n) is 6.74. The van der Waals surface area contributed by atoms with Crippen molar-refractivity contribution in [3.05, 3.63) is 30.1 Å². The summed E-state index contributed by atoms with van der Waals surface area (Å²) in [6.45, 7) is 2.10. The molecule has 23 heavy (non-hydrogen) atoms. The first kappa shape index (κ1) is 16.1. The lowest BCUT2D eigenvalue weighted by atomic mass is 10.0. The number of rotatable bonds is 7. The second kappa shape index (κ2) is 6.77. The lowest BCUT2D eigenvalue weighted by Gasteiger charge is -2.24. The molecular weight excluding hydrogens is 293 g/mol. The highest BCUT2D eigenvalue weighted by Gasteiger charge is 2.53. The molecule has 0 aliphatic heterocycles. The van der Waals surface area contributed by atoms with E-state index in [2.05, 4.69) is 10.3 Å². The summed E-state index contributed by atoms with van der Waals surface area (Å²) in [6.07, 6.45) is 5.49. The zero-order valence-corrected chi connectivity index (χ0v) is 14.0. The molecule has 0 amide bonds. The predicted molar refractivity (Wildman–Crippen MR) is 90.3 cm³/mol. The van der Waals surface area contributed by atoms with E-state index >= 15 is 0 Å². The van der Waals surface area contributed by atoms with Crippen LogP contribution in [0.3, 0.4) is 0 Å². The number of aliphatic imine (C=N–C) groups is 1. The van der Waals surface area contributed by atoms with Gasteiger partial charge in [0, 0.05) is 20.6 Å². The molecule has 0 heterocycles. The summed E-state index contributed by atoms with van der Waals surface area (Å²) in [4.78, 5) is 6.38. The maximum atomic E-state index is 13.5. The molecular formula is C18H26FN3O. The van der Waals surface area contributed by atoms with Crippen molar-refractivity contribution in [2.75, 3.05) is 33.8 Å². The van der Waals surface area contributed by atoms with Crippen molar-refractivity contribution in [3.8, 4) is 5.75 Å². The summed E-state index contributed by atoms with van der Waals surface area (Å²) in [7, 11) is 3.78. The molecule has 4 nitrogen and oxygen atoms in total. The number of hydrogen-bond acceptors (Lipinski definition) is 2. The Hall–Kier alpha value is -1.78. The van der Waals surface area contributed by atoms with E-state index < -0.39 is 0 Å². The molecule has 3 rings (SSSR count). The number of benzene rings is 1. The third-order valence-electron chi connectivity index (χ3n) is 5.03. The van der Waals surface area contributed by atoms with Crippen LogP contribution in [-0.4, -0.2) is 44.7 Å². The van der Waals surface area contributed by atoms with E-state index in [-0.39, 0.29) is 5.82 Å². The molecule has 2 aliphatic carbocycles. The molecule has 0 aromatic heterocycles. The average molecular weight is 319 g/mol. The first-order valence-electron chi connectivity index (χ1n) is 8.44. The Balaban J connectivity index is 1.42. The standard InChI is InChI=1S/C18H26FN3O/c1-20-17(21-13-18(9-10-18)14-7-8-14)22(2)11-12-23-16-6-4-3-5-15(16)19/h3-6,14H,7-13H2,1-2H3,(H,20,21). The van der Waals surface area contributed by atoms with Crippen LogP contribution in [0, 0.1) is 17.2 Å². The van der Waals surface area contributed by atoms with Crippen LogP contribution in [0.15, 0.2) is 29.3 Å². The van der Waals surface area contributed by atoms with Gasteiger partial charge in [0.1, 0.15) is 6.61 Å². The van der Waals surface area contributed by atoms with E-state index in [4.69, 9.17) is 4.74 Å². The normalized spacial score (nSPS) is 19.3. The quantitative estimate of drug-likeness (QED) is 0.620. The van der Waals surface area contributed by atoms with Gasteiger partial charge in [-0.15, -0.1) is 0 Å². The van der Waals surface area contributed by atoms with Crippen LogP contribution in [0.1, 0.15) is 25.7 Å². The van der Waals surface area contributed by atoms with E-state index in [1.54, 1.807) is 25.2 Å². The molecule has 126 valence electrons. The van der Waals surface area contributed by atoms with E-state index in [1.807, 2.05) is 11.9 Å². The third kappa shape index (κ3) is 3.95. The lowest BCUT2D eigenvalue weighted by molar-refractivity contribution is 0.269. The minimum Gasteiger partial charge on any atom is -0.489 e. The van der Waals surface area contributed by atoms with E-state index in [0.29, 0.717) is 24.3 Å². The first-order chi connectivity index (χ1) is 11.1. The van der Waals surface area contributed by atoms with Gasteiger partial charge in [-0.25, -0.2) is 4.39 Å². The third-order valence-corrected chi connectivity index (χ3v) is 5.03. The molecule has 1 aromatic rings. The molecule has 2 saturated carbocycles. The summed E-state index contributed by atoms with van der Waals surface area (Å²) >= 11 is 0. The van der Waals surface area contributed by atoms with E-state index in [1.165, 1.54) is 31.7 Å². The maximum absolute atomic E-state index is 13.5. The fraction of sp³-hybridized carbons (Fsp3) is 0.611. The van der Waals surface area contributed by atoms with Crippen molar-refractivity contribution in [1.29, 1.82) is 0 Å². The summed E-state index contributed by atoms with van der Waals surface area (Å²) in [6, 6.07) is 6.49. The Morgan fingerprint density at radius 3 is 2.74 bits per heavy atom. The lowest BCUT2D eigenvalue weighted by Crippen LogP contribution is -2.43. The minimum absolute atomic E-state index is 0.300. The van der Waals surface area contributed by atoms with Crippen LogP contribution in [0.25, 0.3) is 0 Å². The number of nitrogens with one attached hydrogen (secondary N) is 1. The van der Waals surface area contributed by atoms with Crippen molar-refractivity contribution in [2.45, 2.75) is 25.7 Å². The molecule has 5 heteroatoms. The Labute approximate surface area is 137 Å². The molecule has 0 unspecified atom stereocenters. The summed E-state index contributed by atoms with van der Waals surface area (Å²) in [5.74, 6) is 1.80. The number of ether oxygens (including phenoxy) is 1. The van der Waals surface area contributed by atoms with Crippen LogP contribution < -0.4 is 10.1 Å². The zero-order chi connectivity index (χ0) is 16.3. The minimum atomic E-state index is -0.322. The number of hydrogen-bond donors (Lipinski definition) is 1. The van der Waals surface area contributed by atoms with Crippen LogP contribution in [0.2, 0.25) is 0 Å². The van der Waals surface area contributed by atoms with Crippen LogP contribution in [0.4, 0.5) is 4.39 Å². The maximum Gasteiger partial charge on any atom is 0.193 e. The molecule has 2 fully saturated rings. The highest BCUT2D eigenvalue weighted by molar-refractivity contribution is 5.79. The molecule has 0 spiro atoms. The largest absolute Gasteiger partial charge is 0.489 e. The summed E-state index contributed by atoms with van der Waals surface area (Å²) < 4.78 is 19.0. The smallest absolute Gasteiger partial charge is 0.193 e. The number of guanidine groups is 1. The number of nitrogens with zero attached hydrogens (tertiary/aromatic N) is 2.